The molecule has 0 aromatic heterocycles. The summed E-state index contributed by atoms with van der Waals surface area (Å²) in [5.41, 5.74) is 2.75. The SMILES string of the molecule is CC(=O)N[C@H](CC(=O)Oc1ccc(Cl)cc1C)c1ccc(C)cc1. The van der Waals surface area contributed by atoms with Gasteiger partial charge in [0, 0.05) is 11.9 Å². The lowest BCUT2D eigenvalue weighted by Crippen LogP contribution is -2.29. The maximum Gasteiger partial charge on any atom is 0.313 e. The number of aryl methyl sites for hydroxylation is 2. The minimum atomic E-state index is -0.428. The fourth-order valence-electron chi connectivity index (χ4n) is 2.35. The first-order chi connectivity index (χ1) is 11.3. The number of esters is 1. The third-order valence-electron chi connectivity index (χ3n) is 3.59. The van der Waals surface area contributed by atoms with Gasteiger partial charge in [0.25, 0.3) is 0 Å². The monoisotopic (exact) mass is 345 g/mol. The lowest BCUT2D eigenvalue weighted by atomic mass is 10.0. The van der Waals surface area contributed by atoms with Crippen LogP contribution in [-0.2, 0) is 9.59 Å². The summed E-state index contributed by atoms with van der Waals surface area (Å²) in [6.45, 7) is 5.23. The highest BCUT2D eigenvalue weighted by Gasteiger charge is 2.19. The number of carbonyl (C=O) groups excluding carboxylic acids is 2. The molecule has 2 aromatic rings. The van der Waals surface area contributed by atoms with Crippen LogP contribution in [-0.4, -0.2) is 11.9 Å². The maximum atomic E-state index is 12.3. The molecule has 126 valence electrons. The number of halogens is 1. The highest BCUT2D eigenvalue weighted by Crippen LogP contribution is 2.24. The Morgan fingerprint density at radius 2 is 1.79 bits per heavy atom. The molecule has 24 heavy (non-hydrogen) atoms. The van der Waals surface area contributed by atoms with Gasteiger partial charge >= 0.3 is 5.97 Å². The van der Waals surface area contributed by atoms with E-state index in [1.807, 2.05) is 38.1 Å². The van der Waals surface area contributed by atoms with E-state index in [0.29, 0.717) is 10.8 Å². The smallest absolute Gasteiger partial charge is 0.313 e. The van der Waals surface area contributed by atoms with Gasteiger partial charge in [0.15, 0.2) is 0 Å². The van der Waals surface area contributed by atoms with Crippen LogP contribution in [0.5, 0.6) is 5.75 Å². The summed E-state index contributed by atoms with van der Waals surface area (Å²) in [6, 6.07) is 12.3. The van der Waals surface area contributed by atoms with Gasteiger partial charge in [0.2, 0.25) is 5.91 Å². The molecule has 0 saturated carbocycles. The van der Waals surface area contributed by atoms with Gasteiger partial charge in [0.1, 0.15) is 5.75 Å². The van der Waals surface area contributed by atoms with Gasteiger partial charge in [0.05, 0.1) is 12.5 Å². The Bertz CT molecular complexity index is 741. The standard InChI is InChI=1S/C19H20ClNO3/c1-12-4-6-15(7-5-12)17(21-14(3)22)11-19(23)24-18-9-8-16(20)10-13(18)2/h4-10,17H,11H2,1-3H3,(H,21,22)/t17-/m1/s1. The van der Waals surface area contributed by atoms with Gasteiger partial charge in [-0.15, -0.1) is 0 Å². The van der Waals surface area contributed by atoms with Gasteiger partial charge in [-0.05, 0) is 43.2 Å². The van der Waals surface area contributed by atoms with Crippen molar-refractivity contribution in [3.05, 3.63) is 64.2 Å². The zero-order valence-corrected chi connectivity index (χ0v) is 14.7. The molecule has 2 rings (SSSR count). The molecular formula is C19H20ClNO3. The first-order valence-electron chi connectivity index (χ1n) is 7.65. The molecule has 1 amide bonds. The molecule has 0 radical (unpaired) electrons. The molecule has 0 spiro atoms. The highest BCUT2D eigenvalue weighted by molar-refractivity contribution is 6.30. The number of hydrogen-bond donors (Lipinski definition) is 1. The molecule has 0 fully saturated rings. The van der Waals surface area contributed by atoms with Crippen LogP contribution in [0.3, 0.4) is 0 Å². The third-order valence-corrected chi connectivity index (χ3v) is 3.82. The summed E-state index contributed by atoms with van der Waals surface area (Å²) in [4.78, 5) is 23.7. The molecule has 4 nitrogen and oxygen atoms in total. The fourth-order valence-corrected chi connectivity index (χ4v) is 2.58. The van der Waals surface area contributed by atoms with Gasteiger partial charge < -0.3 is 10.1 Å². The average Bonchev–Trinajstić information content (AvgIpc) is 2.50. The summed E-state index contributed by atoms with van der Waals surface area (Å²) in [5.74, 6) is -0.148. The van der Waals surface area contributed by atoms with E-state index in [2.05, 4.69) is 5.32 Å². The summed E-state index contributed by atoms with van der Waals surface area (Å²) in [5, 5.41) is 3.38. The Morgan fingerprint density at radius 3 is 2.38 bits per heavy atom. The van der Waals surface area contributed by atoms with Crippen LogP contribution >= 0.6 is 11.6 Å². The summed E-state index contributed by atoms with van der Waals surface area (Å²) >= 11 is 5.90. The normalized spacial score (nSPS) is 11.7. The third kappa shape index (κ3) is 5.10. The maximum absolute atomic E-state index is 12.3. The second kappa shape index (κ2) is 7.97. The predicted octanol–water partition coefficient (Wildman–Crippen LogP) is 4.13. The Balaban J connectivity index is 2.12. The number of hydrogen-bond acceptors (Lipinski definition) is 3. The van der Waals surface area contributed by atoms with Crippen molar-refractivity contribution in [2.75, 3.05) is 0 Å². The Morgan fingerprint density at radius 1 is 1.12 bits per heavy atom. The molecule has 0 unspecified atom stereocenters. The topological polar surface area (TPSA) is 55.4 Å². The van der Waals surface area contributed by atoms with Crippen molar-refractivity contribution in [1.29, 1.82) is 0 Å². The Labute approximate surface area is 146 Å². The fraction of sp³-hybridized carbons (Fsp3) is 0.263. The van der Waals surface area contributed by atoms with Gasteiger partial charge in [-0.2, -0.15) is 0 Å². The first kappa shape index (κ1) is 18.0. The van der Waals surface area contributed by atoms with Gasteiger partial charge in [-0.3, -0.25) is 9.59 Å². The second-order valence-corrected chi connectivity index (χ2v) is 6.19. The summed E-state index contributed by atoms with van der Waals surface area (Å²) < 4.78 is 5.41. The molecular weight excluding hydrogens is 326 g/mol. The van der Waals surface area contributed by atoms with Crippen molar-refractivity contribution in [2.45, 2.75) is 33.2 Å². The number of rotatable bonds is 5. The van der Waals surface area contributed by atoms with Crippen molar-refractivity contribution in [1.82, 2.24) is 5.32 Å². The number of nitrogens with one attached hydrogen (secondary N) is 1. The van der Waals surface area contributed by atoms with Crippen molar-refractivity contribution >= 4 is 23.5 Å². The Hall–Kier alpha value is -2.33. The van der Waals surface area contributed by atoms with Crippen LogP contribution in [0.2, 0.25) is 5.02 Å². The molecule has 0 aliphatic carbocycles. The Kier molecular flexibility index (Phi) is 5.99. The van der Waals surface area contributed by atoms with E-state index in [9.17, 15) is 9.59 Å². The first-order valence-corrected chi connectivity index (χ1v) is 8.03. The molecule has 0 aliphatic heterocycles. The van der Waals surface area contributed by atoms with Crippen LogP contribution in [0.25, 0.3) is 0 Å². The number of amides is 1. The number of carbonyl (C=O) groups is 2. The van der Waals surface area contributed by atoms with Crippen molar-refractivity contribution in [3.63, 3.8) is 0 Å². The van der Waals surface area contributed by atoms with Crippen LogP contribution < -0.4 is 10.1 Å². The molecule has 0 heterocycles. The molecule has 1 N–H and O–H groups in total. The van der Waals surface area contributed by atoms with E-state index in [-0.39, 0.29) is 12.3 Å². The minimum Gasteiger partial charge on any atom is -0.426 e. The lowest BCUT2D eigenvalue weighted by molar-refractivity contribution is -0.135. The lowest BCUT2D eigenvalue weighted by Gasteiger charge is -2.18. The van der Waals surface area contributed by atoms with Crippen LogP contribution in [0, 0.1) is 13.8 Å². The number of ether oxygens (including phenoxy) is 1. The van der Waals surface area contributed by atoms with Crippen molar-refractivity contribution in [2.24, 2.45) is 0 Å². The quantitative estimate of drug-likeness (QED) is 0.654. The van der Waals surface area contributed by atoms with E-state index in [1.165, 1.54) is 6.92 Å². The van der Waals surface area contributed by atoms with Crippen LogP contribution in [0.4, 0.5) is 0 Å². The molecule has 0 saturated heterocycles. The van der Waals surface area contributed by atoms with E-state index < -0.39 is 12.0 Å². The van der Waals surface area contributed by atoms with Crippen molar-refractivity contribution < 1.29 is 14.3 Å². The van der Waals surface area contributed by atoms with Gasteiger partial charge in [-0.25, -0.2) is 0 Å². The molecule has 1 atom stereocenters. The average molecular weight is 346 g/mol. The molecule has 0 bridgehead atoms. The highest BCUT2D eigenvalue weighted by atomic mass is 35.5. The molecule has 0 aliphatic rings. The van der Waals surface area contributed by atoms with E-state index in [0.717, 1.165) is 16.7 Å². The van der Waals surface area contributed by atoms with E-state index >= 15 is 0 Å². The number of benzene rings is 2. The summed E-state index contributed by atoms with van der Waals surface area (Å²) in [6.07, 6.45) is 0.0463. The second-order valence-electron chi connectivity index (χ2n) is 5.75. The van der Waals surface area contributed by atoms with Crippen molar-refractivity contribution in [3.8, 4) is 5.75 Å². The summed E-state index contributed by atoms with van der Waals surface area (Å²) in [7, 11) is 0. The minimum absolute atomic E-state index is 0.0463. The largest absolute Gasteiger partial charge is 0.426 e. The van der Waals surface area contributed by atoms with E-state index in [1.54, 1.807) is 18.2 Å². The van der Waals surface area contributed by atoms with Gasteiger partial charge in [-0.1, -0.05) is 41.4 Å². The predicted molar refractivity (Wildman–Crippen MR) is 94.2 cm³/mol. The van der Waals surface area contributed by atoms with Crippen LogP contribution in [0.15, 0.2) is 42.5 Å². The van der Waals surface area contributed by atoms with E-state index in [4.69, 9.17) is 16.3 Å². The molecule has 5 heteroatoms. The van der Waals surface area contributed by atoms with Crippen LogP contribution in [0.1, 0.15) is 36.1 Å². The molecule has 2 aromatic carbocycles. The zero-order valence-electron chi connectivity index (χ0n) is 13.9. The zero-order chi connectivity index (χ0) is 17.7.